The number of likely N-dealkylation sites (tertiary alicyclic amines) is 1. The number of para-hydroxylation sites is 1. The molecule has 2 saturated heterocycles. The van der Waals surface area contributed by atoms with Crippen molar-refractivity contribution >= 4 is 78.7 Å². The van der Waals surface area contributed by atoms with E-state index in [1.165, 1.54) is 41.7 Å². The van der Waals surface area contributed by atoms with Crippen LogP contribution in [-0.2, 0) is 40.6 Å². The van der Waals surface area contributed by atoms with E-state index in [0.29, 0.717) is 67.4 Å². The Kier molecular flexibility index (Phi) is 13.7. The van der Waals surface area contributed by atoms with Crippen molar-refractivity contribution in [2.45, 2.75) is 63.6 Å². The van der Waals surface area contributed by atoms with Crippen molar-refractivity contribution in [1.82, 2.24) is 30.0 Å². The van der Waals surface area contributed by atoms with Gasteiger partial charge in [-0.2, -0.15) is 18.3 Å². The number of imide groups is 1. The molecule has 4 aromatic carbocycles. The number of carbonyl (C=O) groups is 5. The first-order valence-corrected chi connectivity index (χ1v) is 24.9. The number of anilines is 3. The minimum Gasteiger partial charge on any atom is -0.493 e. The van der Waals surface area contributed by atoms with Gasteiger partial charge in [-0.15, -0.1) is 0 Å². The summed E-state index contributed by atoms with van der Waals surface area (Å²) in [5, 5.41) is 24.4. The Labute approximate surface area is 420 Å². The van der Waals surface area contributed by atoms with Crippen molar-refractivity contribution < 1.29 is 47.0 Å². The second-order valence-electron chi connectivity index (χ2n) is 18.6. The van der Waals surface area contributed by atoms with E-state index >= 15 is 0 Å². The molecule has 10 rings (SSSR count). The van der Waals surface area contributed by atoms with Crippen LogP contribution in [0.3, 0.4) is 0 Å². The number of pyridine rings is 1. The van der Waals surface area contributed by atoms with E-state index in [1.54, 1.807) is 23.9 Å². The quantitative estimate of drug-likeness (QED) is 0.0597. The van der Waals surface area contributed by atoms with E-state index in [0.717, 1.165) is 45.1 Å². The topological polar surface area (TPSA) is 201 Å². The maximum atomic E-state index is 15.0. The van der Waals surface area contributed by atoms with Gasteiger partial charge in [-0.1, -0.05) is 47.7 Å². The standard InChI is InChI=1S/C53H50F3N9O7S/c1-63-40-27-32(14-15-36(40)47(62-63)37-17-19-44(66)60-50(37)69)57-45(67)29-64-23-20-30(21-24-64)7-6-26-72-41-12-5-9-33(46(41)53(54,55)56)34-16-18-43(59-48(34)51(70)71)65-25-22-31-8-4-10-35(38(31)28-65)49(68)61-52-58-39-11-2-3-13-42(39)73-52/h2-5,8-16,18,27,30,37H,6-7,17,19-26,28-29H2,1H3,(H,57,67)(H,70,71)(H,58,61,68)(H,60,66,69). The molecule has 3 aromatic heterocycles. The van der Waals surface area contributed by atoms with Gasteiger partial charge in [-0.05, 0) is 123 Å². The van der Waals surface area contributed by atoms with Gasteiger partial charge in [-0.3, -0.25) is 39.4 Å². The van der Waals surface area contributed by atoms with E-state index < -0.39 is 35.1 Å². The van der Waals surface area contributed by atoms with Crippen molar-refractivity contribution in [2.75, 3.05) is 48.3 Å². The van der Waals surface area contributed by atoms with E-state index in [-0.39, 0.29) is 72.6 Å². The first kappa shape index (κ1) is 48.9. The Bertz CT molecular complexity index is 3280. The molecule has 0 saturated carbocycles. The summed E-state index contributed by atoms with van der Waals surface area (Å²) in [6.45, 7) is 2.17. The van der Waals surface area contributed by atoms with Crippen molar-refractivity contribution in [3.8, 4) is 16.9 Å². The number of carboxylic acid groups (broad SMARTS) is 1. The molecule has 16 nitrogen and oxygen atoms in total. The molecule has 7 aromatic rings. The van der Waals surface area contributed by atoms with Crippen LogP contribution in [-0.4, -0.2) is 92.1 Å². The smallest absolute Gasteiger partial charge is 0.420 e. The van der Waals surface area contributed by atoms with Gasteiger partial charge in [0.05, 0.1) is 40.5 Å². The number of rotatable bonds is 14. The number of aromatic carboxylic acids is 1. The first-order chi connectivity index (χ1) is 35.2. The molecule has 73 heavy (non-hydrogen) atoms. The minimum absolute atomic E-state index is 0.00516. The summed E-state index contributed by atoms with van der Waals surface area (Å²) in [5.41, 5.74) is 2.56. The number of aryl methyl sites for hydroxylation is 1. The number of hydrogen-bond acceptors (Lipinski definition) is 12. The van der Waals surface area contributed by atoms with Crippen LogP contribution in [0.5, 0.6) is 5.75 Å². The third-order valence-corrected chi connectivity index (χ3v) is 14.8. The first-order valence-electron chi connectivity index (χ1n) is 24.1. The average molecular weight is 1010 g/mol. The molecular formula is C53H50F3N9O7S. The molecule has 4 N–H and O–H groups in total. The summed E-state index contributed by atoms with van der Waals surface area (Å²) in [7, 11) is 1.76. The highest BCUT2D eigenvalue weighted by Crippen LogP contribution is 2.44. The molecule has 1 atom stereocenters. The third kappa shape index (κ3) is 10.5. The number of halogens is 3. The van der Waals surface area contributed by atoms with Gasteiger partial charge in [0.25, 0.3) is 5.91 Å². The second-order valence-corrected chi connectivity index (χ2v) is 19.6. The van der Waals surface area contributed by atoms with E-state index in [9.17, 15) is 42.3 Å². The lowest BCUT2D eigenvalue weighted by atomic mass is 9.92. The van der Waals surface area contributed by atoms with E-state index in [1.807, 2.05) is 53.4 Å². The SMILES string of the molecule is Cn1nc(C2CCC(=O)NC2=O)c2ccc(NC(=O)CN3CCC(CCCOc4cccc(-c5ccc(N6CCc7cccc(C(=O)Nc8nc9ccccc9s8)c7C6)nc5C(=O)O)c4C(F)(F)F)CC3)cc21. The lowest BCUT2D eigenvalue weighted by molar-refractivity contribution is -0.138. The van der Waals surface area contributed by atoms with Crippen molar-refractivity contribution in [2.24, 2.45) is 13.0 Å². The zero-order valence-corrected chi connectivity index (χ0v) is 40.4. The monoisotopic (exact) mass is 1010 g/mol. The number of thiazole rings is 1. The summed E-state index contributed by atoms with van der Waals surface area (Å²) in [6, 6.07) is 25.1. The zero-order chi connectivity index (χ0) is 51.0. The fourth-order valence-electron chi connectivity index (χ4n) is 10.2. The molecule has 3 aliphatic rings. The predicted octanol–water partition coefficient (Wildman–Crippen LogP) is 8.81. The number of amides is 4. The lowest BCUT2D eigenvalue weighted by Crippen LogP contribution is -2.39. The normalized spacial score (nSPS) is 16.6. The Morgan fingerprint density at radius 2 is 1.70 bits per heavy atom. The number of carbonyl (C=O) groups excluding carboxylic acids is 4. The molecule has 0 radical (unpaired) electrons. The number of benzene rings is 4. The van der Waals surface area contributed by atoms with Crippen LogP contribution in [0, 0.1) is 5.92 Å². The van der Waals surface area contributed by atoms with Crippen LogP contribution >= 0.6 is 11.3 Å². The Balaban J connectivity index is 0.742. The van der Waals surface area contributed by atoms with Crippen molar-refractivity contribution in [3.05, 3.63) is 125 Å². The fourth-order valence-corrected chi connectivity index (χ4v) is 11.1. The largest absolute Gasteiger partial charge is 0.493 e. The molecule has 6 heterocycles. The summed E-state index contributed by atoms with van der Waals surface area (Å²) >= 11 is 1.36. The third-order valence-electron chi connectivity index (χ3n) is 13.9. The highest BCUT2D eigenvalue weighted by Gasteiger charge is 2.39. The van der Waals surface area contributed by atoms with Gasteiger partial charge in [0.2, 0.25) is 17.7 Å². The summed E-state index contributed by atoms with van der Waals surface area (Å²) in [4.78, 5) is 76.5. The number of nitrogens with one attached hydrogen (secondary N) is 3. The lowest BCUT2D eigenvalue weighted by Gasteiger charge is -2.31. The molecule has 0 spiro atoms. The number of piperidine rings is 2. The molecule has 1 unspecified atom stereocenters. The number of alkyl halides is 3. The number of hydrogen-bond donors (Lipinski definition) is 4. The molecular weight excluding hydrogens is 964 g/mol. The second kappa shape index (κ2) is 20.4. The predicted molar refractivity (Wildman–Crippen MR) is 269 cm³/mol. The van der Waals surface area contributed by atoms with Gasteiger partial charge in [0.15, 0.2) is 10.8 Å². The Hall–Kier alpha value is -7.71. The number of carboxylic acids is 1. The molecule has 2 fully saturated rings. The summed E-state index contributed by atoms with van der Waals surface area (Å²) in [6.07, 6.45) is -0.975. The van der Waals surface area contributed by atoms with Crippen LogP contribution in [0.4, 0.5) is 29.8 Å². The maximum Gasteiger partial charge on any atom is 0.420 e. The molecule has 0 aliphatic carbocycles. The average Bonchev–Trinajstić information content (AvgIpc) is 3.94. The molecule has 0 bridgehead atoms. The van der Waals surface area contributed by atoms with Gasteiger partial charge >= 0.3 is 12.1 Å². The van der Waals surface area contributed by atoms with Gasteiger partial charge in [0, 0.05) is 54.3 Å². The van der Waals surface area contributed by atoms with Gasteiger partial charge < -0.3 is 20.1 Å². The van der Waals surface area contributed by atoms with E-state index in [4.69, 9.17) is 4.74 Å². The molecule has 4 amide bonds. The zero-order valence-electron chi connectivity index (χ0n) is 39.6. The maximum absolute atomic E-state index is 15.0. The van der Waals surface area contributed by atoms with Crippen LogP contribution in [0.1, 0.15) is 87.7 Å². The number of aromatic nitrogens is 4. The highest BCUT2D eigenvalue weighted by molar-refractivity contribution is 7.22. The van der Waals surface area contributed by atoms with Gasteiger partial charge in [0.1, 0.15) is 17.1 Å². The minimum atomic E-state index is -4.90. The van der Waals surface area contributed by atoms with Crippen molar-refractivity contribution in [3.63, 3.8) is 0 Å². The molecule has 20 heteroatoms. The van der Waals surface area contributed by atoms with Gasteiger partial charge in [-0.25, -0.2) is 14.8 Å². The Morgan fingerprint density at radius 3 is 2.48 bits per heavy atom. The van der Waals surface area contributed by atoms with Crippen LogP contribution in [0.15, 0.2) is 91.0 Å². The number of ether oxygens (including phenoxy) is 1. The van der Waals surface area contributed by atoms with Crippen LogP contribution in [0.25, 0.3) is 32.2 Å². The van der Waals surface area contributed by atoms with Crippen molar-refractivity contribution in [1.29, 1.82) is 0 Å². The van der Waals surface area contributed by atoms with Crippen LogP contribution < -0.4 is 25.6 Å². The van der Waals surface area contributed by atoms with E-state index in [2.05, 4.69) is 35.9 Å². The Morgan fingerprint density at radius 1 is 0.890 bits per heavy atom. The summed E-state index contributed by atoms with van der Waals surface area (Å²) < 4.78 is 53.4. The van der Waals surface area contributed by atoms with Crippen LogP contribution in [0.2, 0.25) is 0 Å². The molecule has 376 valence electrons. The number of fused-ring (bicyclic) bond motifs is 3. The number of nitrogens with zero attached hydrogens (tertiary/aromatic N) is 6. The molecule has 3 aliphatic heterocycles. The highest BCUT2D eigenvalue weighted by atomic mass is 32.1. The summed E-state index contributed by atoms with van der Waals surface area (Å²) in [5.74, 6) is -3.12. The fraction of sp³-hybridized carbons (Fsp3) is 0.321.